The SMILES string of the molecule is CC1(C)Oc2cc(NS(=O)(=O)C(F)(F)F)ccc2C[C@H]1OC(C[NH-])c1ccccc1. The Bertz CT molecular complexity index is 995. The molecule has 1 heterocycles. The second-order valence-corrected chi connectivity index (χ2v) is 9.19. The quantitative estimate of drug-likeness (QED) is 0.692. The molecule has 0 saturated heterocycles. The molecule has 2 aromatic rings. The van der Waals surface area contributed by atoms with E-state index < -0.39 is 33.3 Å². The lowest BCUT2D eigenvalue weighted by molar-refractivity contribution is -0.112. The standard InChI is InChI=1S/C20H22F3N2O4S/c1-19(2)18(28-17(12-24)13-6-4-3-5-7-13)10-14-8-9-15(11-16(14)29-19)25-30(26,27)20(21,22)23/h3-9,11,17-18,24-25H,10,12H2,1-2H3/q-1/t17?,18-/m1/s1. The lowest BCUT2D eigenvalue weighted by Gasteiger charge is -2.42. The van der Waals surface area contributed by atoms with Crippen LogP contribution in [0.5, 0.6) is 5.75 Å². The first-order valence-corrected chi connectivity index (χ1v) is 10.7. The van der Waals surface area contributed by atoms with Crippen LogP contribution >= 0.6 is 0 Å². The van der Waals surface area contributed by atoms with Crippen molar-refractivity contribution in [3.8, 4) is 5.75 Å². The highest BCUT2D eigenvalue weighted by Crippen LogP contribution is 2.39. The summed E-state index contributed by atoms with van der Waals surface area (Å²) in [5, 5.41) is 0. The van der Waals surface area contributed by atoms with Gasteiger partial charge in [-0.1, -0.05) is 36.4 Å². The average Bonchev–Trinajstić information content (AvgIpc) is 2.65. The van der Waals surface area contributed by atoms with Crippen molar-refractivity contribution in [2.75, 3.05) is 11.3 Å². The summed E-state index contributed by atoms with van der Waals surface area (Å²) in [6, 6.07) is 13.3. The van der Waals surface area contributed by atoms with Gasteiger partial charge in [0.25, 0.3) is 0 Å². The summed E-state index contributed by atoms with van der Waals surface area (Å²) in [4.78, 5) is 0. The Kier molecular flexibility index (Phi) is 6.03. The molecule has 0 saturated carbocycles. The maximum Gasteiger partial charge on any atom is 0.516 e. The molecule has 0 fully saturated rings. The smallest absolute Gasteiger partial charge is 0.516 e. The van der Waals surface area contributed by atoms with E-state index in [0.717, 1.165) is 5.56 Å². The molecule has 0 aliphatic carbocycles. The molecule has 1 unspecified atom stereocenters. The minimum absolute atomic E-state index is 0.0155. The van der Waals surface area contributed by atoms with Crippen molar-refractivity contribution in [3.05, 3.63) is 65.4 Å². The number of hydrogen-bond acceptors (Lipinski definition) is 4. The van der Waals surface area contributed by atoms with Gasteiger partial charge in [-0.25, -0.2) is 0 Å². The van der Waals surface area contributed by atoms with Gasteiger partial charge >= 0.3 is 15.5 Å². The Morgan fingerprint density at radius 2 is 1.90 bits per heavy atom. The third-order valence-corrected chi connectivity index (χ3v) is 5.98. The van der Waals surface area contributed by atoms with Gasteiger partial charge < -0.3 is 15.2 Å². The van der Waals surface area contributed by atoms with Gasteiger partial charge in [-0.2, -0.15) is 21.6 Å². The first-order valence-electron chi connectivity index (χ1n) is 9.19. The fourth-order valence-electron chi connectivity index (χ4n) is 3.21. The lowest BCUT2D eigenvalue weighted by Crippen LogP contribution is -2.48. The molecule has 0 aromatic heterocycles. The van der Waals surface area contributed by atoms with E-state index >= 15 is 0 Å². The number of anilines is 1. The first-order chi connectivity index (χ1) is 13.9. The number of fused-ring (bicyclic) bond motifs is 1. The number of ether oxygens (including phenoxy) is 2. The van der Waals surface area contributed by atoms with Crippen molar-refractivity contribution < 1.29 is 31.1 Å². The van der Waals surface area contributed by atoms with E-state index in [1.54, 1.807) is 13.8 Å². The summed E-state index contributed by atoms with van der Waals surface area (Å²) in [5.74, 6) is 0.282. The number of halogens is 3. The molecule has 2 N–H and O–H groups in total. The monoisotopic (exact) mass is 443 g/mol. The normalized spacial score (nSPS) is 19.5. The maximum absolute atomic E-state index is 12.6. The summed E-state index contributed by atoms with van der Waals surface area (Å²) in [6.07, 6.45) is -0.477. The Morgan fingerprint density at radius 1 is 1.23 bits per heavy atom. The second-order valence-electron chi connectivity index (χ2n) is 7.51. The van der Waals surface area contributed by atoms with Crippen LogP contribution in [0.2, 0.25) is 0 Å². The third-order valence-electron chi connectivity index (χ3n) is 4.86. The second kappa shape index (κ2) is 8.09. The minimum atomic E-state index is -5.52. The molecule has 6 nitrogen and oxygen atoms in total. The van der Waals surface area contributed by atoms with Crippen molar-refractivity contribution in [1.82, 2.24) is 0 Å². The molecule has 2 atom stereocenters. The van der Waals surface area contributed by atoms with E-state index in [1.807, 2.05) is 30.3 Å². The molecular formula is C20H22F3N2O4S-. The van der Waals surface area contributed by atoms with Crippen LogP contribution in [0.1, 0.15) is 31.1 Å². The zero-order valence-electron chi connectivity index (χ0n) is 16.4. The van der Waals surface area contributed by atoms with E-state index in [1.165, 1.54) is 22.9 Å². The predicted molar refractivity (Wildman–Crippen MR) is 107 cm³/mol. The number of alkyl halides is 3. The van der Waals surface area contributed by atoms with Gasteiger partial charge in [-0.3, -0.25) is 4.72 Å². The molecule has 164 valence electrons. The predicted octanol–water partition coefficient (Wildman–Crippen LogP) is 4.84. The zero-order chi connectivity index (χ0) is 22.2. The molecule has 30 heavy (non-hydrogen) atoms. The fourth-order valence-corrected chi connectivity index (χ4v) is 3.76. The molecule has 0 bridgehead atoms. The van der Waals surface area contributed by atoms with Crippen LogP contribution in [0.25, 0.3) is 5.73 Å². The van der Waals surface area contributed by atoms with Crippen molar-refractivity contribution in [2.24, 2.45) is 0 Å². The van der Waals surface area contributed by atoms with E-state index in [-0.39, 0.29) is 18.0 Å². The van der Waals surface area contributed by atoms with Crippen LogP contribution in [0.4, 0.5) is 18.9 Å². The number of sulfonamides is 1. The van der Waals surface area contributed by atoms with Gasteiger partial charge in [-0.15, -0.1) is 6.54 Å². The molecule has 1 aliphatic heterocycles. The highest BCUT2D eigenvalue weighted by molar-refractivity contribution is 7.93. The number of benzene rings is 2. The van der Waals surface area contributed by atoms with E-state index in [9.17, 15) is 21.6 Å². The Morgan fingerprint density at radius 3 is 2.50 bits per heavy atom. The molecule has 3 rings (SSSR count). The van der Waals surface area contributed by atoms with Gasteiger partial charge in [0.15, 0.2) is 0 Å². The van der Waals surface area contributed by atoms with Crippen LogP contribution in [0.15, 0.2) is 48.5 Å². The van der Waals surface area contributed by atoms with Gasteiger partial charge in [0.1, 0.15) is 17.5 Å². The molecular weight excluding hydrogens is 421 g/mol. The molecule has 0 radical (unpaired) electrons. The molecule has 10 heteroatoms. The van der Waals surface area contributed by atoms with Crippen LogP contribution in [-0.2, 0) is 21.2 Å². The highest BCUT2D eigenvalue weighted by Gasteiger charge is 2.46. The third kappa shape index (κ3) is 4.71. The van der Waals surface area contributed by atoms with Crippen molar-refractivity contribution >= 4 is 15.7 Å². The average molecular weight is 443 g/mol. The van der Waals surface area contributed by atoms with Crippen molar-refractivity contribution in [2.45, 2.75) is 43.6 Å². The van der Waals surface area contributed by atoms with Crippen LogP contribution < -0.4 is 9.46 Å². The highest BCUT2D eigenvalue weighted by atomic mass is 32.2. The maximum atomic E-state index is 12.6. The van der Waals surface area contributed by atoms with E-state index in [2.05, 4.69) is 0 Å². The van der Waals surface area contributed by atoms with Gasteiger partial charge in [0.05, 0.1) is 11.8 Å². The van der Waals surface area contributed by atoms with Crippen LogP contribution in [0, 0.1) is 0 Å². The van der Waals surface area contributed by atoms with Crippen LogP contribution in [0.3, 0.4) is 0 Å². The summed E-state index contributed by atoms with van der Waals surface area (Å²) in [6.45, 7) is 3.57. The number of rotatable bonds is 6. The van der Waals surface area contributed by atoms with Gasteiger partial charge in [-0.05, 0) is 31.0 Å². The van der Waals surface area contributed by atoms with Crippen molar-refractivity contribution in [3.63, 3.8) is 0 Å². The summed E-state index contributed by atoms with van der Waals surface area (Å²) < 4.78 is 74.2. The minimum Gasteiger partial charge on any atom is -0.675 e. The topological polar surface area (TPSA) is 88.4 Å². The largest absolute Gasteiger partial charge is 0.675 e. The Hall–Kier alpha value is -2.30. The first kappa shape index (κ1) is 22.4. The van der Waals surface area contributed by atoms with E-state index in [4.69, 9.17) is 15.2 Å². The molecule has 1 aliphatic rings. The summed E-state index contributed by atoms with van der Waals surface area (Å²) in [5.41, 5.74) is 2.86. The molecule has 2 aromatic carbocycles. The van der Waals surface area contributed by atoms with Gasteiger partial charge in [0, 0.05) is 12.5 Å². The number of nitrogens with one attached hydrogen (secondary N) is 2. The molecule has 0 spiro atoms. The van der Waals surface area contributed by atoms with Gasteiger partial charge in [0.2, 0.25) is 0 Å². The Balaban J connectivity index is 1.81. The van der Waals surface area contributed by atoms with E-state index in [0.29, 0.717) is 12.0 Å². The Labute approximate surface area is 173 Å². The summed E-state index contributed by atoms with van der Waals surface area (Å²) in [7, 11) is -5.52. The fraction of sp³-hybridized carbons (Fsp3) is 0.400. The summed E-state index contributed by atoms with van der Waals surface area (Å²) >= 11 is 0. The lowest BCUT2D eigenvalue weighted by atomic mass is 9.90. The van der Waals surface area contributed by atoms with Crippen molar-refractivity contribution in [1.29, 1.82) is 0 Å². The van der Waals surface area contributed by atoms with Crippen LogP contribution in [-0.4, -0.2) is 32.2 Å². The molecule has 0 amide bonds. The number of hydrogen-bond donors (Lipinski definition) is 1. The zero-order valence-corrected chi connectivity index (χ0v) is 17.2.